The van der Waals surface area contributed by atoms with E-state index in [2.05, 4.69) is 4.98 Å². The van der Waals surface area contributed by atoms with Gasteiger partial charge in [0.2, 0.25) is 0 Å². The largest absolute Gasteiger partial charge is 0.481 e. The van der Waals surface area contributed by atoms with Gasteiger partial charge in [-0.3, -0.25) is 4.79 Å². The molecular weight excluding hydrogens is 234 g/mol. The van der Waals surface area contributed by atoms with Crippen LogP contribution in [0.3, 0.4) is 0 Å². The van der Waals surface area contributed by atoms with E-state index in [0.717, 1.165) is 4.34 Å². The van der Waals surface area contributed by atoms with E-state index in [4.69, 9.17) is 5.11 Å². The van der Waals surface area contributed by atoms with E-state index in [0.29, 0.717) is 5.69 Å². The number of aliphatic carboxylic acids is 1. The zero-order chi connectivity index (χ0) is 11.4. The van der Waals surface area contributed by atoms with Crippen molar-refractivity contribution in [1.29, 1.82) is 0 Å². The van der Waals surface area contributed by atoms with Crippen molar-refractivity contribution in [3.05, 3.63) is 11.1 Å². The van der Waals surface area contributed by atoms with Crippen LogP contribution in [0.4, 0.5) is 0 Å². The number of aliphatic hydroxyl groups excluding tert-OH is 1. The molecular formula is C9H13NO3S2. The highest BCUT2D eigenvalue weighted by Crippen LogP contribution is 2.28. The average Bonchev–Trinajstić information content (AvgIpc) is 2.51. The molecule has 0 fully saturated rings. The van der Waals surface area contributed by atoms with Gasteiger partial charge in [0.25, 0.3) is 0 Å². The third-order valence-corrected chi connectivity index (χ3v) is 4.15. The maximum Gasteiger partial charge on any atom is 0.309 e. The first-order chi connectivity index (χ1) is 6.99. The monoisotopic (exact) mass is 247 g/mol. The minimum absolute atomic E-state index is 0.0415. The number of thiazole rings is 1. The maximum atomic E-state index is 10.4. The molecule has 1 heterocycles. The maximum absolute atomic E-state index is 10.4. The highest BCUT2D eigenvalue weighted by Gasteiger charge is 2.13. The number of rotatable bonds is 5. The van der Waals surface area contributed by atoms with E-state index in [-0.39, 0.29) is 11.7 Å². The van der Waals surface area contributed by atoms with E-state index in [1.165, 1.54) is 23.1 Å². The van der Waals surface area contributed by atoms with Crippen LogP contribution in [0.2, 0.25) is 0 Å². The first kappa shape index (κ1) is 12.5. The topological polar surface area (TPSA) is 70.4 Å². The Kier molecular flexibility index (Phi) is 4.56. The fraction of sp³-hybridized carbons (Fsp3) is 0.556. The van der Waals surface area contributed by atoms with Crippen LogP contribution in [0, 0.1) is 0 Å². The predicted octanol–water partition coefficient (Wildman–Crippen LogP) is 1.63. The summed E-state index contributed by atoms with van der Waals surface area (Å²) in [6, 6.07) is 0. The summed E-state index contributed by atoms with van der Waals surface area (Å²) >= 11 is 2.88. The van der Waals surface area contributed by atoms with Crippen molar-refractivity contribution in [2.45, 2.75) is 36.0 Å². The van der Waals surface area contributed by atoms with Crippen molar-refractivity contribution in [3.63, 3.8) is 0 Å². The second-order valence-electron chi connectivity index (χ2n) is 3.24. The number of carboxylic acids is 1. The van der Waals surface area contributed by atoms with E-state index in [9.17, 15) is 9.90 Å². The molecule has 0 aromatic carbocycles. The van der Waals surface area contributed by atoms with Gasteiger partial charge in [0.1, 0.15) is 4.34 Å². The van der Waals surface area contributed by atoms with Gasteiger partial charge < -0.3 is 10.2 Å². The smallest absolute Gasteiger partial charge is 0.309 e. The van der Waals surface area contributed by atoms with Gasteiger partial charge in [0.15, 0.2) is 0 Å². The standard InChI is InChI=1S/C9H13NO3S2/c1-5(11)6(2)15-9-10-7(4-14-9)3-8(12)13/h4-6,11H,3H2,1-2H3,(H,12,13). The number of hydrogen-bond donors (Lipinski definition) is 2. The van der Waals surface area contributed by atoms with Gasteiger partial charge in [-0.05, 0) is 6.92 Å². The lowest BCUT2D eigenvalue weighted by atomic mass is 10.3. The molecule has 0 saturated carbocycles. The van der Waals surface area contributed by atoms with Gasteiger partial charge in [0.05, 0.1) is 18.2 Å². The second-order valence-corrected chi connectivity index (χ2v) is 5.72. The van der Waals surface area contributed by atoms with Gasteiger partial charge in [-0.25, -0.2) is 4.98 Å². The molecule has 0 aliphatic heterocycles. The van der Waals surface area contributed by atoms with Crippen molar-refractivity contribution in [3.8, 4) is 0 Å². The number of aliphatic hydroxyl groups is 1. The van der Waals surface area contributed by atoms with Gasteiger partial charge in [-0.1, -0.05) is 18.7 Å². The quantitative estimate of drug-likeness (QED) is 0.774. The summed E-state index contributed by atoms with van der Waals surface area (Å²) in [5.41, 5.74) is 0.577. The molecule has 2 unspecified atom stereocenters. The molecule has 2 atom stereocenters. The summed E-state index contributed by atoms with van der Waals surface area (Å²) in [5.74, 6) is -0.875. The molecule has 1 rings (SSSR count). The van der Waals surface area contributed by atoms with Crippen LogP contribution in [0.1, 0.15) is 19.5 Å². The van der Waals surface area contributed by atoms with Gasteiger partial charge >= 0.3 is 5.97 Å². The molecule has 0 spiro atoms. The summed E-state index contributed by atoms with van der Waals surface area (Å²) in [6.45, 7) is 3.64. The molecule has 0 bridgehead atoms. The van der Waals surface area contributed by atoms with Crippen LogP contribution in [0.25, 0.3) is 0 Å². The van der Waals surface area contributed by atoms with Crippen LogP contribution in [0.5, 0.6) is 0 Å². The van der Waals surface area contributed by atoms with E-state index >= 15 is 0 Å². The molecule has 2 N–H and O–H groups in total. The Bertz CT molecular complexity index is 338. The first-order valence-corrected chi connectivity index (χ1v) is 6.26. The number of aromatic nitrogens is 1. The number of hydrogen-bond acceptors (Lipinski definition) is 5. The van der Waals surface area contributed by atoms with Crippen molar-refractivity contribution >= 4 is 29.1 Å². The number of thioether (sulfide) groups is 1. The van der Waals surface area contributed by atoms with Crippen molar-refractivity contribution < 1.29 is 15.0 Å². The fourth-order valence-corrected chi connectivity index (χ4v) is 2.89. The Balaban J connectivity index is 2.56. The lowest BCUT2D eigenvalue weighted by Gasteiger charge is -2.11. The minimum atomic E-state index is -0.875. The summed E-state index contributed by atoms with van der Waals surface area (Å²) in [4.78, 5) is 14.6. The third kappa shape index (κ3) is 4.19. The molecule has 0 amide bonds. The average molecular weight is 247 g/mol. The Morgan fingerprint density at radius 2 is 2.33 bits per heavy atom. The zero-order valence-corrected chi connectivity index (χ0v) is 10.1. The second kappa shape index (κ2) is 5.48. The molecule has 0 radical (unpaired) electrons. The van der Waals surface area contributed by atoms with Crippen molar-refractivity contribution in [2.24, 2.45) is 0 Å². The van der Waals surface area contributed by atoms with Crippen LogP contribution in [-0.4, -0.2) is 32.5 Å². The van der Waals surface area contributed by atoms with Crippen LogP contribution >= 0.6 is 23.1 Å². The molecule has 4 nitrogen and oxygen atoms in total. The van der Waals surface area contributed by atoms with E-state index in [1.807, 2.05) is 6.92 Å². The molecule has 0 aliphatic carbocycles. The lowest BCUT2D eigenvalue weighted by Crippen LogP contribution is -2.14. The van der Waals surface area contributed by atoms with E-state index < -0.39 is 12.1 Å². The Hall–Kier alpha value is -0.590. The SMILES string of the molecule is CC(O)C(C)Sc1nc(CC(=O)O)cs1. The normalized spacial score (nSPS) is 14.9. The first-order valence-electron chi connectivity index (χ1n) is 4.50. The number of carboxylic acid groups (broad SMARTS) is 1. The summed E-state index contributed by atoms with van der Waals surface area (Å²) in [5, 5.41) is 19.7. The Morgan fingerprint density at radius 3 is 2.87 bits per heavy atom. The van der Waals surface area contributed by atoms with Gasteiger partial charge in [0, 0.05) is 10.6 Å². The lowest BCUT2D eigenvalue weighted by molar-refractivity contribution is -0.136. The van der Waals surface area contributed by atoms with Crippen LogP contribution in [0.15, 0.2) is 9.72 Å². The summed E-state index contributed by atoms with van der Waals surface area (Å²) < 4.78 is 0.805. The predicted molar refractivity (Wildman–Crippen MR) is 60.5 cm³/mol. The number of nitrogens with zero attached hydrogens (tertiary/aromatic N) is 1. The third-order valence-electron chi connectivity index (χ3n) is 1.83. The molecule has 1 aromatic rings. The minimum Gasteiger partial charge on any atom is -0.481 e. The van der Waals surface area contributed by atoms with Crippen LogP contribution in [-0.2, 0) is 11.2 Å². The summed E-state index contributed by atoms with van der Waals surface area (Å²) in [7, 11) is 0. The molecule has 15 heavy (non-hydrogen) atoms. The van der Waals surface area contributed by atoms with Crippen LogP contribution < -0.4 is 0 Å². The van der Waals surface area contributed by atoms with Gasteiger partial charge in [-0.2, -0.15) is 0 Å². The zero-order valence-electron chi connectivity index (χ0n) is 8.51. The molecule has 6 heteroatoms. The van der Waals surface area contributed by atoms with Crippen molar-refractivity contribution in [2.75, 3.05) is 0 Å². The highest BCUT2D eigenvalue weighted by molar-refractivity contribution is 8.01. The fourth-order valence-electron chi connectivity index (χ4n) is 0.836. The molecule has 0 aliphatic rings. The van der Waals surface area contributed by atoms with E-state index in [1.54, 1.807) is 12.3 Å². The molecule has 0 saturated heterocycles. The molecule has 84 valence electrons. The van der Waals surface area contributed by atoms with Gasteiger partial charge in [-0.15, -0.1) is 11.3 Å². The summed E-state index contributed by atoms with van der Waals surface area (Å²) in [6.07, 6.45) is -0.443. The van der Waals surface area contributed by atoms with Crippen molar-refractivity contribution in [1.82, 2.24) is 4.98 Å². The highest BCUT2D eigenvalue weighted by atomic mass is 32.2. The Morgan fingerprint density at radius 1 is 1.67 bits per heavy atom. The molecule has 1 aromatic heterocycles. The Labute approximate surface area is 96.4 Å². The number of carbonyl (C=O) groups is 1.